The largest absolute Gasteiger partial charge is 0.459 e. The minimum atomic E-state index is -1.50. The van der Waals surface area contributed by atoms with Gasteiger partial charge in [0.05, 0.1) is 12.1 Å². The van der Waals surface area contributed by atoms with Crippen molar-refractivity contribution in [2.24, 2.45) is 0 Å². The molecule has 1 atom stereocenters. The van der Waals surface area contributed by atoms with Gasteiger partial charge in [0.15, 0.2) is 0 Å². The Morgan fingerprint density at radius 3 is 2.34 bits per heavy atom. The van der Waals surface area contributed by atoms with Crippen molar-refractivity contribution in [3.8, 4) is 0 Å². The predicted octanol–water partition coefficient (Wildman–Crippen LogP) is 4.78. The van der Waals surface area contributed by atoms with Crippen molar-refractivity contribution in [3.63, 3.8) is 0 Å². The van der Waals surface area contributed by atoms with Crippen molar-refractivity contribution in [3.05, 3.63) is 120 Å². The number of halogens is 1. The zero-order valence-corrected chi connectivity index (χ0v) is 22.6. The first-order chi connectivity index (χ1) is 19.4. The fourth-order valence-corrected chi connectivity index (χ4v) is 4.53. The van der Waals surface area contributed by atoms with Crippen LogP contribution in [0.1, 0.15) is 41.3 Å². The maximum Gasteiger partial charge on any atom is 0.310 e. The maximum atomic E-state index is 14.1. The second-order valence-electron chi connectivity index (χ2n) is 8.60. The molecule has 1 unspecified atom stereocenters. The van der Waals surface area contributed by atoms with E-state index < -0.39 is 32.8 Å². The third-order valence-electron chi connectivity index (χ3n) is 5.90. The predicted molar refractivity (Wildman–Crippen MR) is 145 cm³/mol. The number of carbonyl (C=O) groups is 1. The number of hydrogen-bond donors (Lipinski definition) is 1. The van der Waals surface area contributed by atoms with Gasteiger partial charge >= 0.3 is 5.97 Å². The molecule has 0 spiro atoms. The molecule has 1 aliphatic carbocycles. The quantitative estimate of drug-likeness (QED) is 0.209. The third kappa shape index (κ3) is 8.76. The van der Waals surface area contributed by atoms with Crippen LogP contribution in [-0.4, -0.2) is 36.8 Å². The van der Waals surface area contributed by atoms with Crippen molar-refractivity contribution in [2.45, 2.75) is 31.5 Å². The molecule has 4 rings (SSSR count). The molecule has 1 aliphatic rings. The number of benzene rings is 2. The zero-order valence-electron chi connectivity index (χ0n) is 21.8. The first kappa shape index (κ1) is 30.6. The summed E-state index contributed by atoms with van der Waals surface area (Å²) in [6, 6.07) is 15.0. The third-order valence-corrected chi connectivity index (χ3v) is 6.84. The molecular weight excluding hydrogens is 561 g/mol. The Labute approximate surface area is 235 Å². The monoisotopic (exact) mass is 585 g/mol. The standard InChI is InChI=1S/C27H23FN2O6S.HNO3/c1-17-24(11-18-4-8-22(9-5-18)37(2)34)23-10-6-20(28)12-26(23)25(17)13-27(31)35-16-21-7-3-19(14-29-21)15-36-30(32)33;2-1(3)4/h3-12,14H,13,15-16H2,1-2H3;(H,2,3,4)/b24-11-;. The van der Waals surface area contributed by atoms with Crippen LogP contribution in [0.15, 0.2) is 71.3 Å². The summed E-state index contributed by atoms with van der Waals surface area (Å²) >= 11 is 0. The molecule has 2 aromatic carbocycles. The number of fused-ring (bicyclic) bond motifs is 1. The van der Waals surface area contributed by atoms with Crippen LogP contribution in [0, 0.1) is 26.0 Å². The minimum absolute atomic E-state index is 0.0534. The lowest BCUT2D eigenvalue weighted by molar-refractivity contribution is -0.763. The zero-order chi connectivity index (χ0) is 30.1. The molecule has 0 saturated carbocycles. The van der Waals surface area contributed by atoms with Crippen molar-refractivity contribution in [1.82, 2.24) is 4.98 Å². The molecule has 0 radical (unpaired) electrons. The molecule has 14 heteroatoms. The van der Waals surface area contributed by atoms with E-state index >= 15 is 0 Å². The van der Waals surface area contributed by atoms with E-state index in [2.05, 4.69) is 9.82 Å². The van der Waals surface area contributed by atoms with Crippen LogP contribution in [0.2, 0.25) is 0 Å². The van der Waals surface area contributed by atoms with Gasteiger partial charge in [-0.15, -0.1) is 20.2 Å². The number of rotatable bonds is 9. The van der Waals surface area contributed by atoms with E-state index in [0.29, 0.717) is 22.4 Å². The van der Waals surface area contributed by atoms with E-state index in [1.54, 1.807) is 36.6 Å². The second kappa shape index (κ2) is 13.9. The molecule has 1 heterocycles. The van der Waals surface area contributed by atoms with Gasteiger partial charge in [-0.05, 0) is 82.3 Å². The van der Waals surface area contributed by atoms with Crippen molar-refractivity contribution in [1.29, 1.82) is 0 Å². The lowest BCUT2D eigenvalue weighted by atomic mass is 10.0. The van der Waals surface area contributed by atoms with Crippen LogP contribution >= 0.6 is 0 Å². The lowest BCUT2D eigenvalue weighted by Gasteiger charge is -2.08. The smallest absolute Gasteiger partial charge is 0.310 e. The summed E-state index contributed by atoms with van der Waals surface area (Å²) in [7, 11) is -1.08. The number of carbonyl (C=O) groups excluding carboxylic acids is 1. The number of pyridine rings is 1. The van der Waals surface area contributed by atoms with E-state index in [1.165, 1.54) is 18.3 Å². The molecule has 0 aliphatic heterocycles. The average molecular weight is 586 g/mol. The van der Waals surface area contributed by atoms with Crippen LogP contribution in [0.4, 0.5) is 4.39 Å². The fraction of sp³-hybridized carbons (Fsp3) is 0.185. The maximum absolute atomic E-state index is 14.1. The fourth-order valence-electron chi connectivity index (χ4n) is 4.01. The Bertz CT molecular complexity index is 1530. The Hall–Kier alpha value is -4.98. The van der Waals surface area contributed by atoms with Crippen LogP contribution in [-0.2, 0) is 38.4 Å². The van der Waals surface area contributed by atoms with Crippen molar-refractivity contribution >= 4 is 34.0 Å². The highest BCUT2D eigenvalue weighted by atomic mass is 32.2. The molecule has 0 fully saturated rings. The highest BCUT2D eigenvalue weighted by Gasteiger charge is 2.26. The molecule has 0 amide bonds. The summed E-state index contributed by atoms with van der Waals surface area (Å²) in [5.41, 5.74) is 5.72. The van der Waals surface area contributed by atoms with E-state index in [1.807, 2.05) is 25.1 Å². The number of aromatic nitrogens is 1. The second-order valence-corrected chi connectivity index (χ2v) is 9.98. The summed E-state index contributed by atoms with van der Waals surface area (Å²) in [4.78, 5) is 40.5. The molecule has 0 bridgehead atoms. The number of hydrogen-bond acceptors (Lipinski definition) is 9. The number of ether oxygens (including phenoxy) is 1. The molecule has 1 aromatic heterocycles. The molecule has 41 heavy (non-hydrogen) atoms. The van der Waals surface area contributed by atoms with E-state index in [-0.39, 0.29) is 19.6 Å². The molecule has 214 valence electrons. The van der Waals surface area contributed by atoms with Gasteiger partial charge in [-0.25, -0.2) is 4.39 Å². The number of esters is 1. The highest BCUT2D eigenvalue weighted by molar-refractivity contribution is 7.84. The van der Waals surface area contributed by atoms with Crippen LogP contribution in [0.5, 0.6) is 0 Å². The Morgan fingerprint density at radius 1 is 1.07 bits per heavy atom. The summed E-state index contributed by atoms with van der Waals surface area (Å²) in [5.74, 6) is -0.901. The van der Waals surface area contributed by atoms with Crippen LogP contribution in [0.25, 0.3) is 17.2 Å². The molecule has 3 aromatic rings. The van der Waals surface area contributed by atoms with Crippen molar-refractivity contribution in [2.75, 3.05) is 6.26 Å². The number of nitrogens with zero attached hydrogens (tertiary/aromatic N) is 3. The summed E-state index contributed by atoms with van der Waals surface area (Å²) in [6.45, 7) is 1.59. The molecular formula is C27H24FN3O9S. The first-order valence-electron chi connectivity index (χ1n) is 11.8. The SMILES string of the molecule is CC1=C(CC(=O)OCc2ccc(CO[N+](=O)[O-])cn2)c2cc(F)ccc2/C1=C\c1ccc(S(C)=O)cc1.O=[N+]([O-])O. The van der Waals surface area contributed by atoms with Gasteiger partial charge in [0, 0.05) is 28.1 Å². The van der Waals surface area contributed by atoms with Gasteiger partial charge < -0.3 is 14.8 Å². The summed E-state index contributed by atoms with van der Waals surface area (Å²) in [6.07, 6.45) is 4.94. The van der Waals surface area contributed by atoms with Gasteiger partial charge in [0.2, 0.25) is 0 Å². The molecule has 0 saturated heterocycles. The first-order valence-corrected chi connectivity index (χ1v) is 13.4. The summed E-state index contributed by atoms with van der Waals surface area (Å²) < 4.78 is 31.2. The van der Waals surface area contributed by atoms with E-state index in [0.717, 1.165) is 27.2 Å². The molecule has 1 N–H and O–H groups in total. The minimum Gasteiger partial charge on any atom is -0.459 e. The van der Waals surface area contributed by atoms with Crippen LogP contribution in [0.3, 0.4) is 0 Å². The van der Waals surface area contributed by atoms with Gasteiger partial charge in [0.25, 0.3) is 10.2 Å². The molecule has 12 nitrogen and oxygen atoms in total. The Balaban J connectivity index is 0.00000108. The number of allylic oxidation sites excluding steroid dienone is 2. The average Bonchev–Trinajstić information content (AvgIpc) is 3.16. The topological polar surface area (TPSA) is 172 Å². The van der Waals surface area contributed by atoms with Gasteiger partial charge in [-0.3, -0.25) is 14.0 Å². The Morgan fingerprint density at radius 2 is 1.76 bits per heavy atom. The normalized spacial score (nSPS) is 13.6. The lowest BCUT2D eigenvalue weighted by Crippen LogP contribution is -2.07. The van der Waals surface area contributed by atoms with Crippen molar-refractivity contribution < 1.29 is 38.3 Å². The summed E-state index contributed by atoms with van der Waals surface area (Å²) in [5, 5.41) is 23.0. The Kier molecular flexibility index (Phi) is 10.4. The van der Waals surface area contributed by atoms with Gasteiger partial charge in [-0.2, -0.15) is 0 Å². The van der Waals surface area contributed by atoms with Gasteiger partial charge in [0.1, 0.15) is 19.0 Å². The highest BCUT2D eigenvalue weighted by Crippen LogP contribution is 2.44. The van der Waals surface area contributed by atoms with Crippen LogP contribution < -0.4 is 0 Å². The van der Waals surface area contributed by atoms with E-state index in [9.17, 15) is 23.5 Å². The van der Waals surface area contributed by atoms with E-state index in [4.69, 9.17) is 20.1 Å². The van der Waals surface area contributed by atoms with Gasteiger partial charge in [-0.1, -0.05) is 24.3 Å².